The first-order valence-corrected chi connectivity index (χ1v) is 47.6. The van der Waals surface area contributed by atoms with Gasteiger partial charge in [-0.2, -0.15) is 0 Å². The Morgan fingerprint density at radius 1 is 0.220 bits per heavy atom. The average molecular weight is 2030 g/mol. The van der Waals surface area contributed by atoms with E-state index in [9.17, 15) is 14.7 Å². The Hall–Kier alpha value is -17.4. The van der Waals surface area contributed by atoms with Crippen LogP contribution in [-0.4, -0.2) is 276 Å². The molecule has 8 aliphatic heterocycles. The van der Waals surface area contributed by atoms with Gasteiger partial charge in [0.2, 0.25) is 0 Å². The van der Waals surface area contributed by atoms with Crippen LogP contribution in [0.1, 0.15) is 166 Å². The number of carbonyl (C=O) groups is 16. The third-order valence-electron chi connectivity index (χ3n) is 26.6. The Morgan fingerprint density at radius 3 is 0.600 bits per heavy atom. The molecule has 12 aromatic carbocycles. The maximum atomic E-state index is 16.5. The summed E-state index contributed by atoms with van der Waals surface area (Å²) in [5.41, 5.74) is -3.40. The van der Waals surface area contributed by atoms with E-state index in [1.54, 1.807) is 36.4 Å². The third kappa shape index (κ3) is 19.8. The van der Waals surface area contributed by atoms with Crippen LogP contribution >= 0.6 is 0 Å². The van der Waals surface area contributed by atoms with Crippen molar-refractivity contribution in [3.05, 3.63) is 429 Å². The van der Waals surface area contributed by atoms with Gasteiger partial charge < -0.3 is 80.9 Å². The largest absolute Gasteiger partial charge is 0.459 e. The van der Waals surface area contributed by atoms with E-state index in [1.165, 1.54) is 303 Å². The van der Waals surface area contributed by atoms with Crippen molar-refractivity contribution in [2.45, 2.75) is 123 Å². The molecule has 0 saturated carbocycles. The molecular formula is C113H88N4O33. The summed E-state index contributed by atoms with van der Waals surface area (Å²) in [4.78, 5) is 253. The molecule has 0 bridgehead atoms. The minimum absolute atomic E-state index is 0.0238. The first-order chi connectivity index (χ1) is 73.0. The van der Waals surface area contributed by atoms with Crippen molar-refractivity contribution in [3.8, 4) is 0 Å². The van der Waals surface area contributed by atoms with Gasteiger partial charge in [-0.05, 0) is 146 Å². The van der Waals surface area contributed by atoms with Gasteiger partial charge in [0, 0.05) is 7.11 Å². The molecule has 20 atom stereocenters. The number of aliphatic hydroxyl groups excluding tert-OH is 1. The number of hydrogen-bond acceptors (Lipinski definition) is 33. The molecule has 12 aromatic rings. The Kier molecular flexibility index (Phi) is 29.1. The molecule has 8 amide bonds. The van der Waals surface area contributed by atoms with Crippen LogP contribution in [0.5, 0.6) is 0 Å². The van der Waals surface area contributed by atoms with Crippen molar-refractivity contribution in [1.82, 2.24) is 19.6 Å². The van der Waals surface area contributed by atoms with Gasteiger partial charge in [0.25, 0.3) is 47.3 Å². The molecule has 758 valence electrons. The molecule has 10 unspecified atom stereocenters. The molecule has 8 heterocycles. The van der Waals surface area contributed by atoms with E-state index >= 15 is 67.1 Å². The quantitative estimate of drug-likeness (QED) is 0.0239. The molecule has 4 saturated heterocycles. The number of aliphatic hydroxyl groups is 1. The summed E-state index contributed by atoms with van der Waals surface area (Å²) in [5, 5.41) is 13.2. The second-order valence-corrected chi connectivity index (χ2v) is 35.6. The number of rotatable bonds is 31. The van der Waals surface area contributed by atoms with Crippen molar-refractivity contribution in [1.29, 1.82) is 0 Å². The average Bonchev–Trinajstić information content (AvgIpc) is 1.50. The molecule has 0 aliphatic carbocycles. The number of esters is 8. The second-order valence-electron chi connectivity index (χ2n) is 35.6. The number of benzene rings is 12. The molecular weight excluding hydrogens is 1940 g/mol. The van der Waals surface area contributed by atoms with Crippen LogP contribution < -0.4 is 0 Å². The van der Waals surface area contributed by atoms with Gasteiger partial charge >= 0.3 is 47.8 Å². The standard InChI is InChI=1S/C113H88N4O33/c1-135-110-83(115-96(121)72-52-28-29-53-73(72)97(115)122)91(145-107(132)67-44-20-7-21-45-67)87(79(141-110)59-137-103(128)63-36-12-3-13-37-63)149-112-85(117-100(125)76-56-32-33-57-77(76)101(117)126)93(147-109(134)69-48-24-9-25-49-69)89(81(143-112)61-139-105(130)65-40-16-5-17-41-65)150-113-84(116-98(123)74-54-30-31-55-75(74)99(116)124)92(146-108(133)68-46-22-8-23-47-68)88(80(142-113)60-138-104(129)64-38-14-4-15-39-64)148-111-82(114-94(119)70-50-26-27-51-71(70)95(114)120)90(144-106(131)66-42-18-6-19-43-66)86(118)78(140-111)58-136-102(127)62-34-10-2-11-35-62/h2-57,78-93,110-113,118H,58-61H2,1H3/t78?,79?,80?,81?,82-,83+,84+,85-,86+,87?,88?,89+,90?,91+,92+,93?,110?,111+,112+,113?/m0/s1. The number of amides is 8. The molecule has 20 rings (SSSR count). The first-order valence-electron chi connectivity index (χ1n) is 47.6. The lowest BCUT2D eigenvalue weighted by Crippen LogP contribution is -2.73. The van der Waals surface area contributed by atoms with Crippen LogP contribution in [0.25, 0.3) is 0 Å². The van der Waals surface area contributed by atoms with Gasteiger partial charge in [-0.15, -0.1) is 0 Å². The summed E-state index contributed by atoms with van der Waals surface area (Å²) in [6.07, 6.45) is -37.6. The Labute approximate surface area is 852 Å². The minimum Gasteiger partial charge on any atom is -0.459 e. The topological polar surface area (TPSA) is 454 Å². The van der Waals surface area contributed by atoms with E-state index in [2.05, 4.69) is 0 Å². The van der Waals surface area contributed by atoms with Gasteiger partial charge in [0.15, 0.2) is 49.6 Å². The van der Waals surface area contributed by atoms with Gasteiger partial charge in [0.1, 0.15) is 99.4 Å². The highest BCUT2D eigenvalue weighted by atomic mass is 16.8. The lowest BCUT2D eigenvalue weighted by atomic mass is 9.91. The third-order valence-corrected chi connectivity index (χ3v) is 26.6. The Bertz CT molecular complexity index is 7060. The lowest BCUT2D eigenvalue weighted by Gasteiger charge is -2.53. The Morgan fingerprint density at radius 2 is 0.387 bits per heavy atom. The number of ether oxygens (including phenoxy) is 16. The molecule has 0 radical (unpaired) electrons. The highest BCUT2D eigenvalue weighted by Gasteiger charge is 2.67. The number of carbonyl (C=O) groups excluding carboxylic acids is 16. The fourth-order valence-electron chi connectivity index (χ4n) is 19.5. The lowest BCUT2D eigenvalue weighted by molar-refractivity contribution is -0.368. The van der Waals surface area contributed by atoms with E-state index in [4.69, 9.17) is 75.8 Å². The number of methoxy groups -OCH3 is 1. The van der Waals surface area contributed by atoms with E-state index in [0.29, 0.717) is 19.6 Å². The highest BCUT2D eigenvalue weighted by Crippen LogP contribution is 2.47. The smallest absolute Gasteiger partial charge is 0.338 e. The number of fused-ring (bicyclic) bond motifs is 4. The van der Waals surface area contributed by atoms with E-state index in [1.807, 2.05) is 0 Å². The van der Waals surface area contributed by atoms with Crippen LogP contribution in [-0.2, 0) is 75.8 Å². The fraction of sp³-hybridized carbons (Fsp3) is 0.221. The van der Waals surface area contributed by atoms with Crippen LogP contribution in [0.4, 0.5) is 0 Å². The maximum absolute atomic E-state index is 16.5. The summed E-state index contributed by atoms with van der Waals surface area (Å²) in [5.74, 6) is -18.6. The van der Waals surface area contributed by atoms with Gasteiger partial charge in [-0.1, -0.05) is 194 Å². The van der Waals surface area contributed by atoms with Crippen LogP contribution in [0, 0.1) is 0 Å². The van der Waals surface area contributed by atoms with Crippen molar-refractivity contribution >= 4 is 95.0 Å². The van der Waals surface area contributed by atoms with E-state index in [-0.39, 0.29) is 89.0 Å². The molecule has 4 fully saturated rings. The maximum Gasteiger partial charge on any atom is 0.338 e. The minimum atomic E-state index is -2.71. The summed E-state index contributed by atoms with van der Waals surface area (Å²) in [7, 11) is 1.12. The SMILES string of the molecule is COC1OC(COC(=O)c2ccccc2)C(O[C@H]2OC(COC(=O)c3ccccc3)[C@@H](OC3OC(COC(=O)c4ccccc4)C(O[C@H]4OC(COC(=O)c5ccccc5)[C@@H](O)C(OC(=O)c5ccccc5)[C@@H]4N4C(=O)c5ccccc5C4=O)[C@H](OC(=O)c4ccccc4)[C@H]3N3C(=O)c4ccccc4C3=O)C(OC(=O)c3ccccc3)[C@@H]2N2C(=O)c3ccccc3C2=O)[C@H](OC(=O)c2ccccc2)[C@H]1N1C(=O)c2ccccc2C1=O. The van der Waals surface area contributed by atoms with Crippen molar-refractivity contribution in [2.75, 3.05) is 33.5 Å². The van der Waals surface area contributed by atoms with Crippen LogP contribution in [0.3, 0.4) is 0 Å². The van der Waals surface area contributed by atoms with Crippen molar-refractivity contribution < 1.29 is 158 Å². The van der Waals surface area contributed by atoms with Crippen LogP contribution in [0.15, 0.2) is 340 Å². The van der Waals surface area contributed by atoms with Gasteiger partial charge in [-0.25, -0.2) is 38.4 Å². The summed E-state index contributed by atoms with van der Waals surface area (Å²) < 4.78 is 109. The molecule has 8 aliphatic rings. The zero-order valence-corrected chi connectivity index (χ0v) is 79.0. The van der Waals surface area contributed by atoms with E-state index in [0.717, 1.165) is 7.11 Å². The molecule has 150 heavy (non-hydrogen) atoms. The van der Waals surface area contributed by atoms with Crippen LogP contribution in [0.2, 0.25) is 0 Å². The predicted octanol–water partition coefficient (Wildman–Crippen LogP) is 11.0. The first kappa shape index (κ1) is 99.9. The molecule has 37 heteroatoms. The Balaban J connectivity index is 0.804. The molecule has 0 spiro atoms. The number of imide groups is 4. The predicted molar refractivity (Wildman–Crippen MR) is 515 cm³/mol. The number of nitrogens with zero attached hydrogens (tertiary/aromatic N) is 4. The molecule has 37 nitrogen and oxygen atoms in total. The number of hydrogen-bond donors (Lipinski definition) is 1. The molecule has 0 aromatic heterocycles. The van der Waals surface area contributed by atoms with Gasteiger partial charge in [-0.3, -0.25) is 58.0 Å². The second kappa shape index (κ2) is 43.7. The molecule has 1 N–H and O–H groups in total. The fourth-order valence-corrected chi connectivity index (χ4v) is 19.5. The zero-order valence-electron chi connectivity index (χ0n) is 79.0. The van der Waals surface area contributed by atoms with E-state index < -0.39 is 244 Å². The van der Waals surface area contributed by atoms with Crippen molar-refractivity contribution in [3.63, 3.8) is 0 Å². The normalized spacial score (nSPS) is 25.1. The monoisotopic (exact) mass is 2030 g/mol. The van der Waals surface area contributed by atoms with Gasteiger partial charge in [0.05, 0.1) is 89.0 Å². The summed E-state index contributed by atoms with van der Waals surface area (Å²) in [6.45, 7) is -4.40. The van der Waals surface area contributed by atoms with Crippen molar-refractivity contribution in [2.24, 2.45) is 0 Å². The zero-order chi connectivity index (χ0) is 104. The summed E-state index contributed by atoms with van der Waals surface area (Å²) in [6, 6.07) is 70.3. The summed E-state index contributed by atoms with van der Waals surface area (Å²) >= 11 is 0. The highest BCUT2D eigenvalue weighted by molar-refractivity contribution is 6.24.